The second-order valence-corrected chi connectivity index (χ2v) is 7.88. The molecule has 1 aromatic carbocycles. The number of rotatable bonds is 3. The highest BCUT2D eigenvalue weighted by molar-refractivity contribution is 9.10. The predicted octanol–water partition coefficient (Wildman–Crippen LogP) is 4.13. The molecule has 0 saturated carbocycles. The predicted molar refractivity (Wildman–Crippen MR) is 87.4 cm³/mol. The van der Waals surface area contributed by atoms with Crippen LogP contribution in [0.3, 0.4) is 0 Å². The third-order valence-electron chi connectivity index (χ3n) is 3.47. The SMILES string of the molecule is NNC(c1cc2c(s1)CCSC2)c1c(F)ccc(Br)c1F. The Labute approximate surface area is 138 Å². The Bertz CT molecular complexity index is 652. The van der Waals surface area contributed by atoms with Gasteiger partial charge in [0, 0.05) is 21.1 Å². The van der Waals surface area contributed by atoms with Gasteiger partial charge in [-0.3, -0.25) is 5.84 Å². The molecule has 1 unspecified atom stereocenters. The smallest absolute Gasteiger partial charge is 0.145 e. The molecule has 1 aromatic heterocycles. The van der Waals surface area contributed by atoms with Gasteiger partial charge in [0.25, 0.3) is 0 Å². The highest BCUT2D eigenvalue weighted by Crippen LogP contribution is 2.38. The van der Waals surface area contributed by atoms with Gasteiger partial charge >= 0.3 is 0 Å². The fourth-order valence-corrected chi connectivity index (χ4v) is 5.22. The minimum atomic E-state index is -0.678. The van der Waals surface area contributed by atoms with Crippen LogP contribution in [0.5, 0.6) is 0 Å². The van der Waals surface area contributed by atoms with Gasteiger partial charge in [-0.2, -0.15) is 11.8 Å². The molecule has 0 radical (unpaired) electrons. The maximum Gasteiger partial charge on any atom is 0.145 e. The van der Waals surface area contributed by atoms with Gasteiger partial charge in [-0.1, -0.05) is 0 Å². The van der Waals surface area contributed by atoms with E-state index in [-0.39, 0.29) is 10.0 Å². The fraction of sp³-hybridized carbons (Fsp3) is 0.286. The molecule has 0 spiro atoms. The van der Waals surface area contributed by atoms with Crippen LogP contribution in [0.2, 0.25) is 0 Å². The van der Waals surface area contributed by atoms with E-state index in [1.807, 2.05) is 17.8 Å². The van der Waals surface area contributed by atoms with Crippen molar-refractivity contribution >= 4 is 39.0 Å². The van der Waals surface area contributed by atoms with Crippen molar-refractivity contribution in [2.45, 2.75) is 18.2 Å². The zero-order valence-electron chi connectivity index (χ0n) is 11.0. The summed E-state index contributed by atoms with van der Waals surface area (Å²) < 4.78 is 28.6. The van der Waals surface area contributed by atoms with Crippen LogP contribution in [-0.2, 0) is 12.2 Å². The van der Waals surface area contributed by atoms with Crippen molar-refractivity contribution < 1.29 is 8.78 Å². The lowest BCUT2D eigenvalue weighted by atomic mass is 10.0. The number of hydrazine groups is 1. The number of fused-ring (bicyclic) bond motifs is 1. The van der Waals surface area contributed by atoms with Crippen LogP contribution in [0.1, 0.15) is 26.9 Å². The number of thiophene rings is 1. The minimum absolute atomic E-state index is 0.0434. The summed E-state index contributed by atoms with van der Waals surface area (Å²) in [7, 11) is 0. The van der Waals surface area contributed by atoms with Crippen molar-refractivity contribution in [3.05, 3.63) is 55.2 Å². The van der Waals surface area contributed by atoms with E-state index in [1.165, 1.54) is 22.6 Å². The summed E-state index contributed by atoms with van der Waals surface area (Å²) in [4.78, 5) is 2.14. The molecule has 0 saturated heterocycles. The highest BCUT2D eigenvalue weighted by atomic mass is 79.9. The van der Waals surface area contributed by atoms with E-state index in [0.29, 0.717) is 0 Å². The Morgan fingerprint density at radius 1 is 1.33 bits per heavy atom. The van der Waals surface area contributed by atoms with Crippen LogP contribution < -0.4 is 11.3 Å². The maximum absolute atomic E-state index is 14.3. The molecule has 3 rings (SSSR count). The first kappa shape index (κ1) is 15.4. The van der Waals surface area contributed by atoms with Gasteiger partial charge in [0.2, 0.25) is 0 Å². The van der Waals surface area contributed by atoms with Crippen LogP contribution in [-0.4, -0.2) is 5.75 Å². The van der Waals surface area contributed by atoms with Gasteiger partial charge in [0.05, 0.1) is 10.5 Å². The average Bonchev–Trinajstić information content (AvgIpc) is 2.91. The van der Waals surface area contributed by atoms with Crippen LogP contribution in [0.25, 0.3) is 0 Å². The molecule has 0 amide bonds. The number of nitrogens with two attached hydrogens (primary N) is 1. The molecule has 1 atom stereocenters. The first-order chi connectivity index (χ1) is 10.1. The second kappa shape index (κ2) is 6.34. The molecular weight excluding hydrogens is 378 g/mol. The number of hydrogen-bond acceptors (Lipinski definition) is 4. The molecule has 3 N–H and O–H groups in total. The Morgan fingerprint density at radius 3 is 2.86 bits per heavy atom. The van der Waals surface area contributed by atoms with E-state index < -0.39 is 17.7 Å². The van der Waals surface area contributed by atoms with E-state index in [9.17, 15) is 8.78 Å². The zero-order chi connectivity index (χ0) is 15.0. The van der Waals surface area contributed by atoms with Gasteiger partial charge in [0.15, 0.2) is 0 Å². The number of nitrogens with one attached hydrogen (secondary N) is 1. The summed E-state index contributed by atoms with van der Waals surface area (Å²) in [6, 6.07) is 3.94. The second-order valence-electron chi connectivity index (χ2n) is 4.76. The zero-order valence-corrected chi connectivity index (χ0v) is 14.2. The van der Waals surface area contributed by atoms with Crippen molar-refractivity contribution in [3.63, 3.8) is 0 Å². The van der Waals surface area contributed by atoms with Crippen molar-refractivity contribution in [1.82, 2.24) is 5.43 Å². The molecule has 0 aliphatic carbocycles. The lowest BCUT2D eigenvalue weighted by Crippen LogP contribution is -2.29. The number of halogens is 3. The molecular formula is C14H13BrF2N2S2. The van der Waals surface area contributed by atoms with Crippen LogP contribution in [0.4, 0.5) is 8.78 Å². The molecule has 21 heavy (non-hydrogen) atoms. The molecule has 2 aromatic rings. The highest BCUT2D eigenvalue weighted by Gasteiger charge is 2.26. The average molecular weight is 391 g/mol. The third-order valence-corrected chi connectivity index (χ3v) is 6.39. The summed E-state index contributed by atoms with van der Waals surface area (Å²) in [5.41, 5.74) is 3.76. The molecule has 1 aliphatic heterocycles. The maximum atomic E-state index is 14.3. The first-order valence-corrected chi connectivity index (χ1v) is 9.17. The Kier molecular flexibility index (Phi) is 4.66. The lowest BCUT2D eigenvalue weighted by molar-refractivity contribution is 0.510. The van der Waals surface area contributed by atoms with E-state index in [4.69, 9.17) is 5.84 Å². The van der Waals surface area contributed by atoms with Gasteiger partial charge in [-0.25, -0.2) is 14.2 Å². The topological polar surface area (TPSA) is 38.0 Å². The van der Waals surface area contributed by atoms with Crippen LogP contribution in [0.15, 0.2) is 22.7 Å². The molecule has 1 aliphatic rings. The quantitative estimate of drug-likeness (QED) is 0.470. The summed E-state index contributed by atoms with van der Waals surface area (Å²) in [6.45, 7) is 0. The summed E-state index contributed by atoms with van der Waals surface area (Å²) in [6.07, 6.45) is 1.01. The standard InChI is InChI=1S/C14H13BrF2N2S2/c15-8-1-2-9(16)12(13(8)17)14(19-18)11-5-7-6-20-4-3-10(7)21-11/h1-2,5,14,19H,3-4,6,18H2. The summed E-state index contributed by atoms with van der Waals surface area (Å²) in [5, 5.41) is 0. The van der Waals surface area contributed by atoms with Gasteiger partial charge in [-0.05, 0) is 51.9 Å². The molecule has 0 fully saturated rings. The minimum Gasteiger partial charge on any atom is -0.271 e. The fourth-order valence-electron chi connectivity index (χ4n) is 2.43. The number of hydrogen-bond donors (Lipinski definition) is 2. The largest absolute Gasteiger partial charge is 0.271 e. The van der Waals surface area contributed by atoms with Crippen molar-refractivity contribution in [3.8, 4) is 0 Å². The molecule has 112 valence electrons. The Balaban J connectivity index is 2.06. The molecule has 7 heteroatoms. The summed E-state index contributed by atoms with van der Waals surface area (Å²) >= 11 is 6.55. The Hall–Kier alpha value is -0.470. The van der Waals surface area contributed by atoms with Gasteiger partial charge < -0.3 is 0 Å². The van der Waals surface area contributed by atoms with E-state index in [0.717, 1.165) is 22.8 Å². The van der Waals surface area contributed by atoms with E-state index in [2.05, 4.69) is 21.4 Å². The monoisotopic (exact) mass is 390 g/mol. The van der Waals surface area contributed by atoms with Crippen LogP contribution >= 0.6 is 39.0 Å². The van der Waals surface area contributed by atoms with E-state index in [1.54, 1.807) is 11.3 Å². The van der Waals surface area contributed by atoms with Gasteiger partial charge in [0.1, 0.15) is 11.6 Å². The Morgan fingerprint density at radius 2 is 2.14 bits per heavy atom. The van der Waals surface area contributed by atoms with Crippen molar-refractivity contribution in [1.29, 1.82) is 0 Å². The van der Waals surface area contributed by atoms with Crippen molar-refractivity contribution in [2.24, 2.45) is 5.84 Å². The normalized spacial score (nSPS) is 15.8. The van der Waals surface area contributed by atoms with Gasteiger partial charge in [-0.15, -0.1) is 11.3 Å². The molecule has 0 bridgehead atoms. The van der Waals surface area contributed by atoms with E-state index >= 15 is 0 Å². The number of thioether (sulfide) groups is 1. The summed E-state index contributed by atoms with van der Waals surface area (Å²) in [5.74, 6) is 6.42. The molecule has 2 heterocycles. The van der Waals surface area contributed by atoms with Crippen LogP contribution in [0, 0.1) is 11.6 Å². The molecule has 2 nitrogen and oxygen atoms in total. The lowest BCUT2D eigenvalue weighted by Gasteiger charge is -2.17. The number of aryl methyl sites for hydroxylation is 1. The number of benzene rings is 1. The van der Waals surface area contributed by atoms with Crippen molar-refractivity contribution in [2.75, 3.05) is 5.75 Å². The third kappa shape index (κ3) is 2.90. The first-order valence-electron chi connectivity index (χ1n) is 6.40.